The lowest BCUT2D eigenvalue weighted by molar-refractivity contribution is -0.119. The first-order valence-electron chi connectivity index (χ1n) is 7.78. The SMILES string of the molecule is COc1ccc(F)cc1C(=O)COC(=O)c1ccc(CNC(C)=O)cc1. The zero-order valence-corrected chi connectivity index (χ0v) is 14.4. The zero-order chi connectivity index (χ0) is 19.1. The molecule has 0 unspecified atom stereocenters. The second kappa shape index (κ2) is 8.75. The molecule has 136 valence electrons. The molecule has 7 heteroatoms. The number of halogens is 1. The Balaban J connectivity index is 1.97. The number of ether oxygens (including phenoxy) is 2. The van der Waals surface area contributed by atoms with E-state index in [1.807, 2.05) is 0 Å². The molecule has 0 aromatic heterocycles. The highest BCUT2D eigenvalue weighted by atomic mass is 19.1. The molecule has 0 aliphatic carbocycles. The van der Waals surface area contributed by atoms with E-state index >= 15 is 0 Å². The average Bonchev–Trinajstić information content (AvgIpc) is 2.64. The van der Waals surface area contributed by atoms with E-state index in [1.54, 1.807) is 12.1 Å². The van der Waals surface area contributed by atoms with Gasteiger partial charge in [-0.15, -0.1) is 0 Å². The highest BCUT2D eigenvalue weighted by molar-refractivity contribution is 6.01. The zero-order valence-electron chi connectivity index (χ0n) is 14.4. The van der Waals surface area contributed by atoms with Crippen LogP contribution in [0, 0.1) is 5.82 Å². The lowest BCUT2D eigenvalue weighted by Crippen LogP contribution is -2.19. The van der Waals surface area contributed by atoms with Crippen molar-refractivity contribution in [3.05, 3.63) is 65.0 Å². The summed E-state index contributed by atoms with van der Waals surface area (Å²) in [7, 11) is 1.36. The number of hydrogen-bond donors (Lipinski definition) is 1. The predicted octanol–water partition coefficient (Wildman–Crippen LogP) is 2.51. The summed E-state index contributed by atoms with van der Waals surface area (Å²) in [5.74, 6) is -1.79. The summed E-state index contributed by atoms with van der Waals surface area (Å²) in [6.45, 7) is 1.23. The second-order valence-electron chi connectivity index (χ2n) is 5.45. The van der Waals surface area contributed by atoms with E-state index in [9.17, 15) is 18.8 Å². The Morgan fingerprint density at radius 3 is 2.38 bits per heavy atom. The number of amides is 1. The monoisotopic (exact) mass is 359 g/mol. The van der Waals surface area contributed by atoms with Crippen LogP contribution in [0.15, 0.2) is 42.5 Å². The number of ketones is 1. The third-order valence-electron chi connectivity index (χ3n) is 3.53. The molecule has 2 aromatic carbocycles. The standard InChI is InChI=1S/C19H18FNO5/c1-12(22)21-10-13-3-5-14(6-4-13)19(24)26-11-17(23)16-9-15(20)7-8-18(16)25-2/h3-9H,10-11H2,1-2H3,(H,21,22). The number of rotatable bonds is 7. The summed E-state index contributed by atoms with van der Waals surface area (Å²) in [4.78, 5) is 35.1. The van der Waals surface area contributed by atoms with Gasteiger partial charge in [0, 0.05) is 13.5 Å². The van der Waals surface area contributed by atoms with Gasteiger partial charge in [0.25, 0.3) is 0 Å². The van der Waals surface area contributed by atoms with E-state index in [1.165, 1.54) is 38.3 Å². The van der Waals surface area contributed by atoms with Crippen molar-refractivity contribution in [1.82, 2.24) is 5.32 Å². The van der Waals surface area contributed by atoms with Crippen molar-refractivity contribution in [3.63, 3.8) is 0 Å². The maximum absolute atomic E-state index is 13.3. The number of nitrogens with one attached hydrogen (secondary N) is 1. The van der Waals surface area contributed by atoms with Crippen LogP contribution in [0.4, 0.5) is 4.39 Å². The van der Waals surface area contributed by atoms with Crippen molar-refractivity contribution < 1.29 is 28.2 Å². The maximum atomic E-state index is 13.3. The molecule has 0 bridgehead atoms. The first kappa shape index (κ1) is 19.1. The summed E-state index contributed by atoms with van der Waals surface area (Å²) in [6, 6.07) is 9.95. The lowest BCUT2D eigenvalue weighted by Gasteiger charge is -2.09. The van der Waals surface area contributed by atoms with E-state index < -0.39 is 24.2 Å². The minimum atomic E-state index is -0.681. The van der Waals surface area contributed by atoms with E-state index in [2.05, 4.69) is 5.32 Å². The van der Waals surface area contributed by atoms with E-state index in [0.29, 0.717) is 6.54 Å². The topological polar surface area (TPSA) is 81.7 Å². The van der Waals surface area contributed by atoms with Crippen LogP contribution < -0.4 is 10.1 Å². The number of methoxy groups -OCH3 is 1. The number of carbonyl (C=O) groups excluding carboxylic acids is 3. The van der Waals surface area contributed by atoms with E-state index in [4.69, 9.17) is 9.47 Å². The lowest BCUT2D eigenvalue weighted by atomic mass is 10.1. The minimum absolute atomic E-state index is 0.00551. The van der Waals surface area contributed by atoms with Crippen LogP contribution in [0.3, 0.4) is 0 Å². The van der Waals surface area contributed by atoms with Crippen LogP contribution in [0.5, 0.6) is 5.75 Å². The molecular weight excluding hydrogens is 341 g/mol. The van der Waals surface area contributed by atoms with Crippen LogP contribution >= 0.6 is 0 Å². The number of benzene rings is 2. The predicted molar refractivity (Wildman–Crippen MR) is 91.5 cm³/mol. The van der Waals surface area contributed by atoms with Crippen molar-refractivity contribution in [2.24, 2.45) is 0 Å². The highest BCUT2D eigenvalue weighted by Crippen LogP contribution is 2.20. The van der Waals surface area contributed by atoms with Gasteiger partial charge < -0.3 is 14.8 Å². The molecular formula is C19H18FNO5. The molecule has 6 nitrogen and oxygen atoms in total. The summed E-state index contributed by atoms with van der Waals surface area (Å²) in [6.07, 6.45) is 0. The van der Waals surface area contributed by atoms with Gasteiger partial charge in [-0.05, 0) is 35.9 Å². The fourth-order valence-corrected chi connectivity index (χ4v) is 2.18. The Hall–Kier alpha value is -3.22. The Kier molecular flexibility index (Phi) is 6.43. The average molecular weight is 359 g/mol. The van der Waals surface area contributed by atoms with Crippen molar-refractivity contribution in [1.29, 1.82) is 0 Å². The molecule has 2 rings (SSSR count). The Morgan fingerprint density at radius 1 is 1.08 bits per heavy atom. The normalized spacial score (nSPS) is 10.1. The number of carbonyl (C=O) groups is 3. The van der Waals surface area contributed by atoms with Gasteiger partial charge in [0.1, 0.15) is 11.6 Å². The Morgan fingerprint density at radius 2 is 1.77 bits per heavy atom. The molecule has 26 heavy (non-hydrogen) atoms. The third-order valence-corrected chi connectivity index (χ3v) is 3.53. The van der Waals surface area contributed by atoms with Crippen molar-refractivity contribution in [2.45, 2.75) is 13.5 Å². The van der Waals surface area contributed by atoms with E-state index in [-0.39, 0.29) is 22.8 Å². The molecule has 2 aromatic rings. The van der Waals surface area contributed by atoms with Gasteiger partial charge in [-0.3, -0.25) is 9.59 Å². The van der Waals surface area contributed by atoms with Crippen LogP contribution in [0.1, 0.15) is 33.2 Å². The second-order valence-corrected chi connectivity index (χ2v) is 5.45. The summed E-state index contributed by atoms with van der Waals surface area (Å²) in [5.41, 5.74) is 1.08. The molecule has 0 radical (unpaired) electrons. The number of esters is 1. The van der Waals surface area contributed by atoms with Crippen LogP contribution in [0.25, 0.3) is 0 Å². The molecule has 0 aliphatic heterocycles. The first-order chi connectivity index (χ1) is 12.4. The molecule has 0 fully saturated rings. The molecule has 1 amide bonds. The van der Waals surface area contributed by atoms with Gasteiger partial charge in [0.15, 0.2) is 6.61 Å². The summed E-state index contributed by atoms with van der Waals surface area (Å²) >= 11 is 0. The molecule has 0 saturated heterocycles. The van der Waals surface area contributed by atoms with Gasteiger partial charge in [-0.1, -0.05) is 12.1 Å². The summed E-state index contributed by atoms with van der Waals surface area (Å²) in [5, 5.41) is 2.64. The number of hydrogen-bond acceptors (Lipinski definition) is 5. The smallest absolute Gasteiger partial charge is 0.338 e. The highest BCUT2D eigenvalue weighted by Gasteiger charge is 2.16. The minimum Gasteiger partial charge on any atom is -0.496 e. The number of Topliss-reactive ketones (excluding diaryl/α,β-unsaturated/α-hetero) is 1. The van der Waals surface area contributed by atoms with Crippen LogP contribution in [-0.2, 0) is 16.1 Å². The van der Waals surface area contributed by atoms with Gasteiger partial charge in [-0.2, -0.15) is 0 Å². The van der Waals surface area contributed by atoms with Gasteiger partial charge in [-0.25, -0.2) is 9.18 Å². The van der Waals surface area contributed by atoms with E-state index in [0.717, 1.165) is 11.6 Å². The molecule has 0 spiro atoms. The first-order valence-corrected chi connectivity index (χ1v) is 7.78. The maximum Gasteiger partial charge on any atom is 0.338 e. The Labute approximate surface area is 149 Å². The van der Waals surface area contributed by atoms with Gasteiger partial charge >= 0.3 is 5.97 Å². The fraction of sp³-hybridized carbons (Fsp3) is 0.211. The summed E-state index contributed by atoms with van der Waals surface area (Å²) < 4.78 is 23.3. The molecule has 1 N–H and O–H groups in total. The fourth-order valence-electron chi connectivity index (χ4n) is 2.18. The molecule has 0 heterocycles. The third kappa shape index (κ3) is 5.14. The van der Waals surface area contributed by atoms with Crippen molar-refractivity contribution >= 4 is 17.7 Å². The van der Waals surface area contributed by atoms with Gasteiger partial charge in [0.2, 0.25) is 11.7 Å². The Bertz CT molecular complexity index is 817. The van der Waals surface area contributed by atoms with Gasteiger partial charge in [0.05, 0.1) is 18.2 Å². The molecule has 0 saturated carbocycles. The molecule has 0 atom stereocenters. The van der Waals surface area contributed by atoms with Crippen LogP contribution in [0.2, 0.25) is 0 Å². The van der Waals surface area contributed by atoms with Crippen molar-refractivity contribution in [2.75, 3.05) is 13.7 Å². The molecule has 0 aliphatic rings. The largest absolute Gasteiger partial charge is 0.496 e. The quantitative estimate of drug-likeness (QED) is 0.607. The van der Waals surface area contributed by atoms with Crippen LogP contribution in [-0.4, -0.2) is 31.4 Å². The van der Waals surface area contributed by atoms with Crippen molar-refractivity contribution in [3.8, 4) is 5.75 Å².